The molecule has 3 aliphatic rings. The fourth-order valence-corrected chi connectivity index (χ4v) is 4.84. The van der Waals surface area contributed by atoms with Crippen LogP contribution in [0, 0.1) is 5.92 Å². The highest BCUT2D eigenvalue weighted by molar-refractivity contribution is 5.88. The molecule has 33 heavy (non-hydrogen) atoms. The molecule has 2 atom stereocenters. The minimum atomic E-state index is -0.452. The number of amides is 2. The molecule has 176 valence electrons. The van der Waals surface area contributed by atoms with Crippen LogP contribution < -0.4 is 26.8 Å². The maximum Gasteiger partial charge on any atom is 0.354 e. The Morgan fingerprint density at radius 1 is 1.24 bits per heavy atom. The van der Waals surface area contributed by atoms with Gasteiger partial charge in [-0.05, 0) is 49.5 Å². The number of urea groups is 1. The van der Waals surface area contributed by atoms with Crippen LogP contribution in [-0.2, 0) is 6.42 Å². The SMILES string of the molecule is NC[C@H]1CCN(C2COc3cc(-n4ccc(NC(=O)N5CCNCC5)nc4=O)ccc3C2)C1. The molecule has 1 aromatic carbocycles. The van der Waals surface area contributed by atoms with Crippen molar-refractivity contribution in [3.63, 3.8) is 0 Å². The summed E-state index contributed by atoms with van der Waals surface area (Å²) in [5, 5.41) is 5.92. The fourth-order valence-electron chi connectivity index (χ4n) is 4.84. The third-order valence-corrected chi connectivity index (χ3v) is 6.83. The molecule has 0 saturated carbocycles. The standard InChI is InChI=1S/C23H31N7O3/c24-13-16-3-7-29(14-16)19-11-17-1-2-18(12-20(17)33-15-19)30-8-4-21(27-23(30)32)26-22(31)28-9-5-25-6-10-28/h1-2,4,8,12,16,19,25H,3,5-7,9-11,13-15,24H2,(H,26,27,31,32)/t16-,19?/m1/s1. The lowest BCUT2D eigenvalue weighted by Crippen LogP contribution is -2.48. The molecule has 4 heterocycles. The third-order valence-electron chi connectivity index (χ3n) is 6.83. The maximum absolute atomic E-state index is 12.7. The van der Waals surface area contributed by atoms with Crippen molar-refractivity contribution in [3.05, 3.63) is 46.5 Å². The zero-order valence-corrected chi connectivity index (χ0v) is 18.7. The second-order valence-electron chi connectivity index (χ2n) is 8.98. The Morgan fingerprint density at radius 3 is 2.85 bits per heavy atom. The first-order valence-corrected chi connectivity index (χ1v) is 11.7. The summed E-state index contributed by atoms with van der Waals surface area (Å²) in [4.78, 5) is 33.3. The van der Waals surface area contributed by atoms with E-state index in [1.165, 1.54) is 4.57 Å². The van der Waals surface area contributed by atoms with Crippen molar-refractivity contribution in [2.45, 2.75) is 18.9 Å². The highest BCUT2D eigenvalue weighted by Gasteiger charge is 2.31. The van der Waals surface area contributed by atoms with E-state index >= 15 is 0 Å². The molecule has 5 rings (SSSR count). The molecule has 2 amide bonds. The van der Waals surface area contributed by atoms with Crippen LogP contribution >= 0.6 is 0 Å². The summed E-state index contributed by atoms with van der Waals surface area (Å²) in [5.74, 6) is 1.64. The van der Waals surface area contributed by atoms with Gasteiger partial charge in [-0.25, -0.2) is 9.59 Å². The lowest BCUT2D eigenvalue weighted by atomic mass is 10.0. The van der Waals surface area contributed by atoms with E-state index in [9.17, 15) is 9.59 Å². The topological polar surface area (TPSA) is 118 Å². The second-order valence-corrected chi connectivity index (χ2v) is 8.98. The lowest BCUT2D eigenvalue weighted by molar-refractivity contribution is 0.138. The number of carbonyl (C=O) groups excluding carboxylic acids is 1. The second kappa shape index (κ2) is 9.50. The van der Waals surface area contributed by atoms with Gasteiger partial charge in [-0.3, -0.25) is 14.8 Å². The first-order valence-electron chi connectivity index (χ1n) is 11.7. The summed E-state index contributed by atoms with van der Waals surface area (Å²) in [6.45, 7) is 6.27. The number of benzene rings is 1. The quantitative estimate of drug-likeness (QED) is 0.608. The number of piperazine rings is 1. The number of aromatic nitrogens is 2. The van der Waals surface area contributed by atoms with E-state index in [0.29, 0.717) is 37.3 Å². The lowest BCUT2D eigenvalue weighted by Gasteiger charge is -2.32. The normalized spacial score (nSPS) is 23.1. The van der Waals surface area contributed by atoms with Crippen LogP contribution in [-0.4, -0.2) is 83.8 Å². The van der Waals surface area contributed by atoms with Crippen molar-refractivity contribution >= 4 is 11.8 Å². The average molecular weight is 454 g/mol. The number of nitrogens with zero attached hydrogens (tertiary/aromatic N) is 4. The van der Waals surface area contributed by atoms with Crippen LogP contribution in [0.3, 0.4) is 0 Å². The van der Waals surface area contributed by atoms with E-state index < -0.39 is 5.69 Å². The van der Waals surface area contributed by atoms with Crippen molar-refractivity contribution in [3.8, 4) is 11.4 Å². The van der Waals surface area contributed by atoms with Crippen LogP contribution in [0.25, 0.3) is 5.69 Å². The highest BCUT2D eigenvalue weighted by Crippen LogP contribution is 2.30. The molecule has 1 aromatic heterocycles. The average Bonchev–Trinajstić information content (AvgIpc) is 3.33. The van der Waals surface area contributed by atoms with Gasteiger partial charge in [-0.2, -0.15) is 4.98 Å². The van der Waals surface area contributed by atoms with Gasteiger partial charge in [-0.1, -0.05) is 6.07 Å². The van der Waals surface area contributed by atoms with Crippen molar-refractivity contribution in [2.75, 3.05) is 57.7 Å². The Morgan fingerprint density at radius 2 is 2.09 bits per heavy atom. The van der Waals surface area contributed by atoms with Gasteiger partial charge in [0.15, 0.2) is 0 Å². The Labute approximate surface area is 192 Å². The number of rotatable bonds is 4. The van der Waals surface area contributed by atoms with E-state index in [0.717, 1.165) is 56.9 Å². The molecule has 4 N–H and O–H groups in total. The Bertz CT molecular complexity index is 1070. The first kappa shape index (κ1) is 21.9. The molecule has 10 heteroatoms. The molecular weight excluding hydrogens is 422 g/mol. The molecule has 0 bridgehead atoms. The Balaban J connectivity index is 1.26. The summed E-state index contributed by atoms with van der Waals surface area (Å²) in [6.07, 6.45) is 3.71. The van der Waals surface area contributed by atoms with Crippen LogP contribution in [0.1, 0.15) is 12.0 Å². The van der Waals surface area contributed by atoms with Gasteiger partial charge < -0.3 is 20.7 Å². The van der Waals surface area contributed by atoms with Crippen LogP contribution in [0.5, 0.6) is 5.75 Å². The molecule has 2 fully saturated rings. The van der Waals surface area contributed by atoms with Crippen LogP contribution in [0.4, 0.5) is 10.6 Å². The minimum Gasteiger partial charge on any atom is -0.492 e. The molecule has 0 radical (unpaired) electrons. The van der Waals surface area contributed by atoms with Gasteiger partial charge in [0, 0.05) is 51.0 Å². The molecule has 3 aliphatic heterocycles. The first-order chi connectivity index (χ1) is 16.1. The van der Waals surface area contributed by atoms with Crippen molar-refractivity contribution < 1.29 is 9.53 Å². The number of nitrogens with two attached hydrogens (primary N) is 1. The van der Waals surface area contributed by atoms with Crippen LogP contribution in [0.15, 0.2) is 35.3 Å². The van der Waals surface area contributed by atoms with E-state index in [4.69, 9.17) is 10.5 Å². The van der Waals surface area contributed by atoms with Crippen molar-refractivity contribution in [1.82, 2.24) is 24.7 Å². The molecule has 10 nitrogen and oxygen atoms in total. The highest BCUT2D eigenvalue weighted by atomic mass is 16.5. The van der Waals surface area contributed by atoms with Gasteiger partial charge in [-0.15, -0.1) is 0 Å². The monoisotopic (exact) mass is 453 g/mol. The van der Waals surface area contributed by atoms with Crippen molar-refractivity contribution in [2.24, 2.45) is 11.7 Å². The largest absolute Gasteiger partial charge is 0.492 e. The van der Waals surface area contributed by atoms with Gasteiger partial charge in [0.25, 0.3) is 0 Å². The number of carbonyl (C=O) groups is 1. The number of fused-ring (bicyclic) bond motifs is 1. The summed E-state index contributed by atoms with van der Waals surface area (Å²) in [5.41, 5.74) is 7.22. The minimum absolute atomic E-state index is 0.242. The number of hydrogen-bond acceptors (Lipinski definition) is 7. The zero-order valence-electron chi connectivity index (χ0n) is 18.7. The van der Waals surface area contributed by atoms with E-state index in [2.05, 4.69) is 20.5 Å². The zero-order chi connectivity index (χ0) is 22.8. The summed E-state index contributed by atoms with van der Waals surface area (Å²) < 4.78 is 7.55. The maximum atomic E-state index is 12.7. The number of nitrogens with one attached hydrogen (secondary N) is 2. The molecule has 1 unspecified atom stereocenters. The van der Waals surface area contributed by atoms with Gasteiger partial charge in [0.2, 0.25) is 0 Å². The molecule has 2 saturated heterocycles. The van der Waals surface area contributed by atoms with Crippen LogP contribution in [0.2, 0.25) is 0 Å². The smallest absolute Gasteiger partial charge is 0.354 e. The fraction of sp³-hybridized carbons (Fsp3) is 0.522. The third kappa shape index (κ3) is 4.73. The number of likely N-dealkylation sites (tertiary alicyclic amines) is 1. The number of hydrogen-bond donors (Lipinski definition) is 3. The number of ether oxygens (including phenoxy) is 1. The van der Waals surface area contributed by atoms with E-state index in [1.54, 1.807) is 17.2 Å². The van der Waals surface area contributed by atoms with E-state index in [-0.39, 0.29) is 11.8 Å². The number of anilines is 1. The molecular formula is C23H31N7O3. The molecule has 2 aromatic rings. The van der Waals surface area contributed by atoms with Crippen molar-refractivity contribution in [1.29, 1.82) is 0 Å². The Hall–Kier alpha value is -2.95. The summed E-state index contributed by atoms with van der Waals surface area (Å²) in [6, 6.07) is 7.59. The van der Waals surface area contributed by atoms with Gasteiger partial charge >= 0.3 is 11.7 Å². The summed E-state index contributed by atoms with van der Waals surface area (Å²) in [7, 11) is 0. The molecule has 0 aliphatic carbocycles. The predicted molar refractivity (Wildman–Crippen MR) is 125 cm³/mol. The summed E-state index contributed by atoms with van der Waals surface area (Å²) >= 11 is 0. The van der Waals surface area contributed by atoms with Gasteiger partial charge in [0.1, 0.15) is 18.2 Å². The Kier molecular flexibility index (Phi) is 6.30. The van der Waals surface area contributed by atoms with Gasteiger partial charge in [0.05, 0.1) is 5.69 Å². The molecule has 0 spiro atoms. The van der Waals surface area contributed by atoms with E-state index in [1.807, 2.05) is 18.2 Å². The predicted octanol–water partition coefficient (Wildman–Crippen LogP) is 0.254.